The summed E-state index contributed by atoms with van der Waals surface area (Å²) in [5.41, 5.74) is -4.81. The summed E-state index contributed by atoms with van der Waals surface area (Å²) < 4.78 is 134. The number of hydrogen-bond acceptors (Lipinski definition) is 10. The van der Waals surface area contributed by atoms with Gasteiger partial charge in [-0.25, -0.2) is 0 Å². The maximum absolute atomic E-state index is 12.0. The largest absolute Gasteiger partial charge is 0.508 e. The van der Waals surface area contributed by atoms with Crippen molar-refractivity contribution in [2.75, 3.05) is 0 Å². The van der Waals surface area contributed by atoms with Gasteiger partial charge < -0.3 is 10.2 Å². The number of hydrogen-bond donors (Lipinski definition) is 6. The summed E-state index contributed by atoms with van der Waals surface area (Å²) in [6, 6.07) is 1.28. The van der Waals surface area contributed by atoms with Crippen molar-refractivity contribution in [2.45, 2.75) is 38.8 Å². The van der Waals surface area contributed by atoms with Gasteiger partial charge in [0.25, 0.3) is 40.5 Å². The Morgan fingerprint density at radius 3 is 0.848 bits per heavy atom. The van der Waals surface area contributed by atoms with Crippen molar-refractivity contribution in [3.8, 4) is 11.5 Å². The Kier molecular flexibility index (Phi) is 6.43. The van der Waals surface area contributed by atoms with E-state index in [-0.39, 0.29) is 0 Å². The second-order valence-corrected chi connectivity index (χ2v) is 12.7. The lowest BCUT2D eigenvalue weighted by Crippen LogP contribution is -2.30. The van der Waals surface area contributed by atoms with Crippen molar-refractivity contribution in [1.29, 1.82) is 0 Å². The molecule has 14 nitrogen and oxygen atoms in total. The van der Waals surface area contributed by atoms with Crippen LogP contribution in [0.25, 0.3) is 0 Å². The van der Waals surface area contributed by atoms with E-state index in [0.717, 1.165) is 13.8 Å². The predicted molar refractivity (Wildman–Crippen MR) is 108 cm³/mol. The Labute approximate surface area is 188 Å². The van der Waals surface area contributed by atoms with Gasteiger partial charge in [-0.3, -0.25) is 18.2 Å². The molecule has 0 atom stereocenters. The summed E-state index contributed by atoms with van der Waals surface area (Å²) in [5, 5.41) is 19.5. The molecule has 0 amide bonds. The molecule has 0 saturated carbocycles. The summed E-state index contributed by atoms with van der Waals surface area (Å²) in [4.78, 5) is -5.57. The fourth-order valence-corrected chi connectivity index (χ4v) is 7.02. The number of rotatable bonds is 6. The highest BCUT2D eigenvalue weighted by atomic mass is 32.2. The highest BCUT2D eigenvalue weighted by Gasteiger charge is 2.42. The monoisotopic (exact) mass is 548 g/mol. The normalized spacial score (nSPS) is 13.8. The molecule has 0 spiro atoms. The smallest absolute Gasteiger partial charge is 0.295 e. The van der Waals surface area contributed by atoms with Gasteiger partial charge in [0.05, 0.1) is 0 Å². The van der Waals surface area contributed by atoms with Crippen LogP contribution in [0.1, 0.15) is 25.0 Å². The van der Waals surface area contributed by atoms with Crippen molar-refractivity contribution in [3.63, 3.8) is 0 Å². The van der Waals surface area contributed by atoms with Crippen molar-refractivity contribution >= 4 is 40.5 Å². The molecule has 33 heavy (non-hydrogen) atoms. The highest BCUT2D eigenvalue weighted by molar-refractivity contribution is 7.87. The maximum Gasteiger partial charge on any atom is 0.295 e. The summed E-state index contributed by atoms with van der Waals surface area (Å²) in [7, 11) is -21.8. The molecule has 6 N–H and O–H groups in total. The van der Waals surface area contributed by atoms with Crippen LogP contribution < -0.4 is 0 Å². The standard InChI is InChI=1S/C15H16O14S4/c1-15(2,13-9(30(18,19)20)3-7(16)4-10(13)31(21,22)23)14-11(32(24,25)26)5-8(17)6-12(14)33(27,28)29/h3-6,16-17H,1-2H3,(H,18,19,20)(H,21,22,23)(H,24,25,26)(H,27,28,29). The topological polar surface area (TPSA) is 258 Å². The van der Waals surface area contributed by atoms with Crippen LogP contribution in [0.5, 0.6) is 11.5 Å². The zero-order valence-electron chi connectivity index (χ0n) is 16.4. The lowest BCUT2D eigenvalue weighted by atomic mass is 9.77. The lowest BCUT2D eigenvalue weighted by Gasteiger charge is -2.32. The van der Waals surface area contributed by atoms with Crippen LogP contribution in [0.15, 0.2) is 43.8 Å². The molecule has 184 valence electrons. The van der Waals surface area contributed by atoms with Gasteiger partial charge in [0.15, 0.2) is 0 Å². The Hall–Kier alpha value is -2.32. The molecule has 0 aliphatic rings. The van der Waals surface area contributed by atoms with Crippen LogP contribution in [0.4, 0.5) is 0 Å². The molecule has 0 heterocycles. The molecule has 2 aromatic rings. The SMILES string of the molecule is CC(C)(c1c(S(=O)(=O)O)cc(O)cc1S(=O)(=O)O)c1c(S(=O)(=O)O)cc(O)cc1S(=O)(=O)O. The molecule has 0 unspecified atom stereocenters. The maximum atomic E-state index is 12.0. The molecule has 0 aromatic heterocycles. The molecule has 0 aliphatic heterocycles. The molecule has 18 heteroatoms. The molecule has 2 rings (SSSR count). The third-order valence-electron chi connectivity index (χ3n) is 4.46. The van der Waals surface area contributed by atoms with Crippen molar-refractivity contribution in [2.24, 2.45) is 0 Å². The van der Waals surface area contributed by atoms with E-state index in [0.29, 0.717) is 24.3 Å². The first-order chi connectivity index (χ1) is 14.5. The van der Waals surface area contributed by atoms with Crippen LogP contribution >= 0.6 is 0 Å². The molecular formula is C15H16O14S4. The number of phenols is 2. The van der Waals surface area contributed by atoms with Gasteiger partial charge in [0, 0.05) is 40.8 Å². The van der Waals surface area contributed by atoms with E-state index < -0.39 is 88.1 Å². The van der Waals surface area contributed by atoms with E-state index in [9.17, 15) is 62.1 Å². The quantitative estimate of drug-likeness (QED) is 0.267. The molecule has 2 aromatic carbocycles. The van der Waals surface area contributed by atoms with Crippen molar-refractivity contribution in [1.82, 2.24) is 0 Å². The van der Waals surface area contributed by atoms with Gasteiger partial charge in [-0.15, -0.1) is 0 Å². The van der Waals surface area contributed by atoms with E-state index in [4.69, 9.17) is 0 Å². The van der Waals surface area contributed by atoms with Gasteiger partial charge in [-0.1, -0.05) is 13.8 Å². The highest BCUT2D eigenvalue weighted by Crippen LogP contribution is 2.46. The minimum atomic E-state index is -5.44. The van der Waals surface area contributed by atoms with E-state index in [2.05, 4.69) is 0 Å². The summed E-state index contributed by atoms with van der Waals surface area (Å²) in [5.74, 6) is -2.18. The van der Waals surface area contributed by atoms with E-state index in [1.807, 2.05) is 0 Å². The second kappa shape index (κ2) is 7.87. The molecule has 0 bridgehead atoms. The van der Waals surface area contributed by atoms with Crippen LogP contribution in [0.3, 0.4) is 0 Å². The van der Waals surface area contributed by atoms with Crippen molar-refractivity contribution in [3.05, 3.63) is 35.4 Å². The first kappa shape index (κ1) is 26.9. The third-order valence-corrected chi connectivity index (χ3v) is 7.97. The fourth-order valence-electron chi connectivity index (χ4n) is 3.32. The van der Waals surface area contributed by atoms with Gasteiger partial charge in [0.2, 0.25) is 0 Å². The number of aromatic hydroxyl groups is 2. The zero-order valence-corrected chi connectivity index (χ0v) is 19.7. The third kappa shape index (κ3) is 5.27. The molecule has 0 radical (unpaired) electrons. The molecule has 0 saturated heterocycles. The van der Waals surface area contributed by atoms with E-state index in [1.54, 1.807) is 0 Å². The molecule has 0 aliphatic carbocycles. The molecular weight excluding hydrogens is 532 g/mol. The van der Waals surface area contributed by atoms with Gasteiger partial charge >= 0.3 is 0 Å². The Bertz CT molecular complexity index is 1360. The van der Waals surface area contributed by atoms with Crippen LogP contribution in [-0.2, 0) is 45.9 Å². The van der Waals surface area contributed by atoms with E-state index >= 15 is 0 Å². The first-order valence-corrected chi connectivity index (χ1v) is 13.9. The lowest BCUT2D eigenvalue weighted by molar-refractivity contribution is 0.441. The average Bonchev–Trinajstić information content (AvgIpc) is 2.56. The van der Waals surface area contributed by atoms with E-state index in [1.165, 1.54) is 0 Å². The Morgan fingerprint density at radius 2 is 0.697 bits per heavy atom. The van der Waals surface area contributed by atoms with Gasteiger partial charge in [0.1, 0.15) is 31.1 Å². The summed E-state index contributed by atoms with van der Waals surface area (Å²) >= 11 is 0. The Balaban J connectivity index is 3.36. The van der Waals surface area contributed by atoms with Gasteiger partial charge in [-0.05, 0) is 0 Å². The predicted octanol–water partition coefficient (Wildman–Crippen LogP) is 0.411. The van der Waals surface area contributed by atoms with Crippen LogP contribution in [0, 0.1) is 0 Å². The Morgan fingerprint density at radius 1 is 0.515 bits per heavy atom. The van der Waals surface area contributed by atoms with Gasteiger partial charge in [-0.2, -0.15) is 33.7 Å². The summed E-state index contributed by atoms with van der Waals surface area (Å²) in [6.45, 7) is 1.64. The van der Waals surface area contributed by atoms with Crippen LogP contribution in [0.2, 0.25) is 0 Å². The first-order valence-electron chi connectivity index (χ1n) is 8.14. The second-order valence-electron chi connectivity index (χ2n) is 7.16. The number of benzene rings is 2. The summed E-state index contributed by atoms with van der Waals surface area (Å²) in [6.07, 6.45) is 0. The minimum Gasteiger partial charge on any atom is -0.508 e. The molecule has 0 fully saturated rings. The fraction of sp³-hybridized carbons (Fsp3) is 0.200. The van der Waals surface area contributed by atoms with Crippen LogP contribution in [-0.4, -0.2) is 62.1 Å². The van der Waals surface area contributed by atoms with Crippen molar-refractivity contribution < 1.29 is 62.1 Å². The minimum absolute atomic E-state index is 0.321. The number of phenolic OH excluding ortho intramolecular Hbond substituents is 2. The zero-order chi connectivity index (χ0) is 25.9. The average molecular weight is 549 g/mol.